The van der Waals surface area contributed by atoms with E-state index in [0.29, 0.717) is 12.6 Å². The summed E-state index contributed by atoms with van der Waals surface area (Å²) in [4.78, 5) is 2.53. The van der Waals surface area contributed by atoms with Gasteiger partial charge < -0.3 is 5.73 Å². The molecule has 1 saturated heterocycles. The van der Waals surface area contributed by atoms with E-state index in [0.717, 1.165) is 25.1 Å². The summed E-state index contributed by atoms with van der Waals surface area (Å²) in [6, 6.07) is 17.9. The second-order valence-corrected chi connectivity index (χ2v) is 6.42. The summed E-state index contributed by atoms with van der Waals surface area (Å²) in [5.41, 5.74) is 8.45. The highest BCUT2D eigenvalue weighted by Gasteiger charge is 2.30. The van der Waals surface area contributed by atoms with Crippen molar-refractivity contribution in [1.82, 2.24) is 4.90 Å². The SMILES string of the molecule is NCC(c1cccc(F)c1)C1CCCCN1Cc1ccccc1. The lowest BCUT2D eigenvalue weighted by Gasteiger charge is -2.40. The van der Waals surface area contributed by atoms with Crippen molar-refractivity contribution in [1.29, 1.82) is 0 Å². The standard InChI is InChI=1S/C20H25FN2/c21-18-10-6-9-17(13-18)19(14-22)20-11-4-5-12-23(20)15-16-7-2-1-3-8-16/h1-3,6-10,13,19-20H,4-5,11-12,14-15,22H2. The third kappa shape index (κ3) is 3.98. The predicted molar refractivity (Wildman–Crippen MR) is 92.7 cm³/mol. The van der Waals surface area contributed by atoms with Crippen molar-refractivity contribution in [3.8, 4) is 0 Å². The molecule has 23 heavy (non-hydrogen) atoms. The molecule has 1 fully saturated rings. The molecule has 1 aliphatic rings. The third-order valence-electron chi connectivity index (χ3n) is 4.89. The molecule has 1 aliphatic heterocycles. The zero-order valence-electron chi connectivity index (χ0n) is 13.5. The number of benzene rings is 2. The topological polar surface area (TPSA) is 29.3 Å². The van der Waals surface area contributed by atoms with Crippen LogP contribution in [0.5, 0.6) is 0 Å². The van der Waals surface area contributed by atoms with Crippen LogP contribution in [0.25, 0.3) is 0 Å². The van der Waals surface area contributed by atoms with Gasteiger partial charge in [-0.3, -0.25) is 4.90 Å². The lowest BCUT2D eigenvalue weighted by Crippen LogP contribution is -2.44. The molecule has 0 aliphatic carbocycles. The van der Waals surface area contributed by atoms with E-state index in [9.17, 15) is 4.39 Å². The van der Waals surface area contributed by atoms with Gasteiger partial charge in [0.05, 0.1) is 0 Å². The molecule has 0 aromatic heterocycles. The van der Waals surface area contributed by atoms with Gasteiger partial charge in [0.2, 0.25) is 0 Å². The van der Waals surface area contributed by atoms with Crippen LogP contribution in [-0.2, 0) is 6.54 Å². The number of likely N-dealkylation sites (tertiary alicyclic amines) is 1. The molecular formula is C20H25FN2. The van der Waals surface area contributed by atoms with Gasteiger partial charge in [-0.05, 0) is 42.6 Å². The molecule has 2 aromatic rings. The monoisotopic (exact) mass is 312 g/mol. The minimum atomic E-state index is -0.175. The highest BCUT2D eigenvalue weighted by Crippen LogP contribution is 2.31. The molecule has 2 N–H and O–H groups in total. The van der Waals surface area contributed by atoms with Gasteiger partial charge in [0.25, 0.3) is 0 Å². The van der Waals surface area contributed by atoms with E-state index in [2.05, 4.69) is 29.2 Å². The minimum absolute atomic E-state index is 0.175. The first-order valence-electron chi connectivity index (χ1n) is 8.51. The normalized spacial score (nSPS) is 20.3. The van der Waals surface area contributed by atoms with Gasteiger partial charge in [-0.15, -0.1) is 0 Å². The van der Waals surface area contributed by atoms with Gasteiger partial charge in [0.1, 0.15) is 5.82 Å². The van der Waals surface area contributed by atoms with Crippen LogP contribution >= 0.6 is 0 Å². The van der Waals surface area contributed by atoms with E-state index in [1.807, 2.05) is 12.1 Å². The Balaban J connectivity index is 1.81. The highest BCUT2D eigenvalue weighted by molar-refractivity contribution is 5.23. The van der Waals surface area contributed by atoms with Gasteiger partial charge in [-0.1, -0.05) is 48.9 Å². The second-order valence-electron chi connectivity index (χ2n) is 6.42. The fourth-order valence-corrected chi connectivity index (χ4v) is 3.74. The molecule has 2 nitrogen and oxygen atoms in total. The zero-order chi connectivity index (χ0) is 16.1. The Morgan fingerprint density at radius 3 is 2.65 bits per heavy atom. The number of hydrogen-bond donors (Lipinski definition) is 1. The average Bonchev–Trinajstić information content (AvgIpc) is 2.58. The van der Waals surface area contributed by atoms with E-state index in [4.69, 9.17) is 5.73 Å². The molecule has 122 valence electrons. The first kappa shape index (κ1) is 16.2. The quantitative estimate of drug-likeness (QED) is 0.906. The van der Waals surface area contributed by atoms with E-state index < -0.39 is 0 Å². The Kier molecular flexibility index (Phi) is 5.42. The van der Waals surface area contributed by atoms with Crippen LogP contribution < -0.4 is 5.73 Å². The molecular weight excluding hydrogens is 287 g/mol. The molecule has 0 amide bonds. The van der Waals surface area contributed by atoms with Gasteiger partial charge in [0.15, 0.2) is 0 Å². The Morgan fingerprint density at radius 2 is 1.91 bits per heavy atom. The third-order valence-corrected chi connectivity index (χ3v) is 4.89. The van der Waals surface area contributed by atoms with Gasteiger partial charge >= 0.3 is 0 Å². The molecule has 0 saturated carbocycles. The molecule has 0 bridgehead atoms. The maximum atomic E-state index is 13.6. The highest BCUT2D eigenvalue weighted by atomic mass is 19.1. The maximum absolute atomic E-state index is 13.6. The number of rotatable bonds is 5. The van der Waals surface area contributed by atoms with Crippen LogP contribution in [0.3, 0.4) is 0 Å². The van der Waals surface area contributed by atoms with Crippen LogP contribution in [0.2, 0.25) is 0 Å². The summed E-state index contributed by atoms with van der Waals surface area (Å²) in [6.07, 6.45) is 3.58. The molecule has 0 spiro atoms. The number of halogens is 1. The summed E-state index contributed by atoms with van der Waals surface area (Å²) in [6.45, 7) is 2.59. The molecule has 3 heteroatoms. The van der Waals surface area contributed by atoms with Crippen molar-refractivity contribution >= 4 is 0 Å². The molecule has 2 atom stereocenters. The van der Waals surface area contributed by atoms with E-state index in [1.165, 1.54) is 24.5 Å². The van der Waals surface area contributed by atoms with Gasteiger partial charge in [0, 0.05) is 25.0 Å². The Hall–Kier alpha value is -1.71. The van der Waals surface area contributed by atoms with Crippen LogP contribution in [0.15, 0.2) is 54.6 Å². The summed E-state index contributed by atoms with van der Waals surface area (Å²) in [7, 11) is 0. The van der Waals surface area contributed by atoms with E-state index >= 15 is 0 Å². The summed E-state index contributed by atoms with van der Waals surface area (Å²) >= 11 is 0. The van der Waals surface area contributed by atoms with E-state index in [-0.39, 0.29) is 11.7 Å². The molecule has 0 radical (unpaired) electrons. The molecule has 3 rings (SSSR count). The number of nitrogens with two attached hydrogens (primary N) is 1. The van der Waals surface area contributed by atoms with Crippen molar-refractivity contribution in [2.75, 3.05) is 13.1 Å². The summed E-state index contributed by atoms with van der Waals surface area (Å²) in [5, 5.41) is 0. The lowest BCUT2D eigenvalue weighted by molar-refractivity contribution is 0.119. The van der Waals surface area contributed by atoms with Crippen molar-refractivity contribution < 1.29 is 4.39 Å². The molecule has 2 unspecified atom stereocenters. The molecule has 2 aromatic carbocycles. The fourth-order valence-electron chi connectivity index (χ4n) is 3.74. The van der Waals surface area contributed by atoms with Crippen LogP contribution in [0.4, 0.5) is 4.39 Å². The van der Waals surface area contributed by atoms with Crippen molar-refractivity contribution in [3.63, 3.8) is 0 Å². The Labute approximate surface area is 138 Å². The number of hydrogen-bond acceptors (Lipinski definition) is 2. The predicted octanol–water partition coefficient (Wildman–Crippen LogP) is 3.92. The van der Waals surface area contributed by atoms with Crippen molar-refractivity contribution in [2.45, 2.75) is 37.8 Å². The van der Waals surface area contributed by atoms with Crippen LogP contribution in [0.1, 0.15) is 36.3 Å². The molecule has 1 heterocycles. The Bertz CT molecular complexity index is 614. The van der Waals surface area contributed by atoms with E-state index in [1.54, 1.807) is 12.1 Å². The largest absolute Gasteiger partial charge is 0.330 e. The minimum Gasteiger partial charge on any atom is -0.330 e. The van der Waals surface area contributed by atoms with Crippen LogP contribution in [0, 0.1) is 5.82 Å². The summed E-state index contributed by atoms with van der Waals surface area (Å²) < 4.78 is 13.6. The fraction of sp³-hybridized carbons (Fsp3) is 0.400. The first-order chi connectivity index (χ1) is 11.3. The smallest absolute Gasteiger partial charge is 0.123 e. The lowest BCUT2D eigenvalue weighted by atomic mass is 9.85. The van der Waals surface area contributed by atoms with Gasteiger partial charge in [-0.25, -0.2) is 4.39 Å². The van der Waals surface area contributed by atoms with Crippen molar-refractivity contribution in [2.24, 2.45) is 5.73 Å². The van der Waals surface area contributed by atoms with Gasteiger partial charge in [-0.2, -0.15) is 0 Å². The average molecular weight is 312 g/mol. The van der Waals surface area contributed by atoms with Crippen LogP contribution in [-0.4, -0.2) is 24.0 Å². The zero-order valence-corrected chi connectivity index (χ0v) is 13.5. The maximum Gasteiger partial charge on any atom is 0.123 e. The number of nitrogens with zero attached hydrogens (tertiary/aromatic N) is 1. The second kappa shape index (κ2) is 7.71. The Morgan fingerprint density at radius 1 is 1.09 bits per heavy atom. The summed E-state index contributed by atoms with van der Waals surface area (Å²) in [5.74, 6) is 0.0149. The number of piperidine rings is 1. The van der Waals surface area contributed by atoms with Crippen molar-refractivity contribution in [3.05, 3.63) is 71.5 Å². The first-order valence-corrected chi connectivity index (χ1v) is 8.51.